The molecule has 0 radical (unpaired) electrons. The Balaban J connectivity index is 1.89. The van der Waals surface area contributed by atoms with Crippen molar-refractivity contribution in [2.24, 2.45) is 16.3 Å². The first-order valence-corrected chi connectivity index (χ1v) is 7.39. The molecule has 4 nitrogen and oxygen atoms in total. The average Bonchev–Trinajstić information content (AvgIpc) is 3.16. The summed E-state index contributed by atoms with van der Waals surface area (Å²) < 4.78 is 0. The van der Waals surface area contributed by atoms with Crippen LogP contribution in [0.3, 0.4) is 0 Å². The van der Waals surface area contributed by atoms with Crippen LogP contribution < -0.4 is 5.73 Å². The first kappa shape index (κ1) is 13.7. The van der Waals surface area contributed by atoms with Crippen LogP contribution in [0.2, 0.25) is 0 Å². The maximum absolute atomic E-state index is 8.72. The molecule has 0 bridgehead atoms. The van der Waals surface area contributed by atoms with Gasteiger partial charge in [-0.05, 0) is 37.6 Å². The first-order valence-electron chi connectivity index (χ1n) is 7.39. The van der Waals surface area contributed by atoms with E-state index in [1.165, 1.54) is 44.9 Å². The summed E-state index contributed by atoms with van der Waals surface area (Å²) in [6, 6.07) is 0.772. The lowest BCUT2D eigenvalue weighted by Gasteiger charge is -2.36. The zero-order chi connectivity index (χ0) is 13.0. The van der Waals surface area contributed by atoms with Gasteiger partial charge in [-0.15, -0.1) is 0 Å². The van der Waals surface area contributed by atoms with Crippen LogP contribution in [0.4, 0.5) is 0 Å². The van der Waals surface area contributed by atoms with Crippen molar-refractivity contribution in [3.05, 3.63) is 0 Å². The molecule has 3 N–H and O–H groups in total. The minimum atomic E-state index is 0.309. The van der Waals surface area contributed by atoms with Gasteiger partial charge >= 0.3 is 0 Å². The third kappa shape index (κ3) is 3.37. The Hall–Kier alpha value is -0.770. The fourth-order valence-corrected chi connectivity index (χ4v) is 3.36. The smallest absolute Gasteiger partial charge is 0.139 e. The first-order chi connectivity index (χ1) is 8.69. The van der Waals surface area contributed by atoms with Gasteiger partial charge in [0.1, 0.15) is 5.84 Å². The van der Waals surface area contributed by atoms with E-state index in [2.05, 4.69) is 17.0 Å². The molecule has 104 valence electrons. The molecule has 0 aromatic carbocycles. The largest absolute Gasteiger partial charge is 0.409 e. The Morgan fingerprint density at radius 2 is 2.00 bits per heavy atom. The molecular formula is C14H27N3O. The van der Waals surface area contributed by atoms with Crippen molar-refractivity contribution in [2.75, 3.05) is 13.1 Å². The summed E-state index contributed by atoms with van der Waals surface area (Å²) in [4.78, 5) is 2.64. The standard InChI is InChI=1S/C14H27N3O/c1-2-17(12-6-4-3-5-7-12)11-14(8-9-14)10-13(15)16-18/h12,18H,2-11H2,1H3,(H2,15,16). The fourth-order valence-electron chi connectivity index (χ4n) is 3.36. The molecule has 0 amide bonds. The summed E-state index contributed by atoms with van der Waals surface area (Å²) in [6.07, 6.45) is 10.1. The Kier molecular flexibility index (Phi) is 4.49. The predicted octanol–water partition coefficient (Wildman–Crippen LogP) is 2.56. The highest BCUT2D eigenvalue weighted by Crippen LogP contribution is 2.49. The lowest BCUT2D eigenvalue weighted by molar-refractivity contribution is 0.134. The molecule has 2 aliphatic rings. The molecule has 2 rings (SSSR count). The van der Waals surface area contributed by atoms with E-state index < -0.39 is 0 Å². The number of hydrogen-bond donors (Lipinski definition) is 2. The summed E-state index contributed by atoms with van der Waals surface area (Å²) in [6.45, 7) is 4.52. The topological polar surface area (TPSA) is 61.8 Å². The molecular weight excluding hydrogens is 226 g/mol. The van der Waals surface area contributed by atoms with Crippen molar-refractivity contribution in [3.63, 3.8) is 0 Å². The predicted molar refractivity (Wildman–Crippen MR) is 73.8 cm³/mol. The minimum absolute atomic E-state index is 0.309. The molecule has 4 heteroatoms. The Morgan fingerprint density at radius 1 is 1.33 bits per heavy atom. The Morgan fingerprint density at radius 3 is 2.50 bits per heavy atom. The van der Waals surface area contributed by atoms with Crippen molar-refractivity contribution >= 4 is 5.84 Å². The van der Waals surface area contributed by atoms with Crippen LogP contribution in [-0.2, 0) is 0 Å². The van der Waals surface area contributed by atoms with Gasteiger partial charge in [-0.3, -0.25) is 0 Å². The van der Waals surface area contributed by atoms with Crippen LogP contribution >= 0.6 is 0 Å². The third-order valence-electron chi connectivity index (χ3n) is 4.68. The normalized spacial score (nSPS) is 24.4. The van der Waals surface area contributed by atoms with Gasteiger partial charge < -0.3 is 15.8 Å². The van der Waals surface area contributed by atoms with Crippen LogP contribution in [0.1, 0.15) is 58.3 Å². The fraction of sp³-hybridized carbons (Fsp3) is 0.929. The summed E-state index contributed by atoms with van der Waals surface area (Å²) in [5, 5.41) is 11.9. The van der Waals surface area contributed by atoms with Crippen molar-refractivity contribution in [2.45, 2.75) is 64.3 Å². The average molecular weight is 253 g/mol. The number of oxime groups is 1. The van der Waals surface area contributed by atoms with Crippen molar-refractivity contribution in [1.82, 2.24) is 4.90 Å². The molecule has 2 saturated carbocycles. The van der Waals surface area contributed by atoms with Crippen LogP contribution in [-0.4, -0.2) is 35.1 Å². The van der Waals surface area contributed by atoms with E-state index in [9.17, 15) is 0 Å². The second-order valence-corrected chi connectivity index (χ2v) is 6.12. The summed E-state index contributed by atoms with van der Waals surface area (Å²) >= 11 is 0. The molecule has 0 unspecified atom stereocenters. The molecule has 2 fully saturated rings. The number of rotatable bonds is 6. The highest BCUT2D eigenvalue weighted by molar-refractivity contribution is 5.80. The molecule has 0 aromatic rings. The van der Waals surface area contributed by atoms with E-state index in [0.29, 0.717) is 11.3 Å². The van der Waals surface area contributed by atoms with Gasteiger partial charge in [-0.25, -0.2) is 0 Å². The van der Waals surface area contributed by atoms with Gasteiger partial charge in [-0.2, -0.15) is 0 Å². The highest BCUT2D eigenvalue weighted by Gasteiger charge is 2.45. The molecule has 0 aliphatic heterocycles. The van der Waals surface area contributed by atoms with Gasteiger partial charge in [0.15, 0.2) is 0 Å². The lowest BCUT2D eigenvalue weighted by Crippen LogP contribution is -2.41. The maximum atomic E-state index is 8.72. The Labute approximate surface area is 110 Å². The minimum Gasteiger partial charge on any atom is -0.409 e. The van der Waals surface area contributed by atoms with Gasteiger partial charge in [0.25, 0.3) is 0 Å². The second kappa shape index (κ2) is 5.91. The highest BCUT2D eigenvalue weighted by atomic mass is 16.4. The molecule has 0 saturated heterocycles. The van der Waals surface area contributed by atoms with E-state index in [0.717, 1.165) is 25.6 Å². The third-order valence-corrected chi connectivity index (χ3v) is 4.68. The van der Waals surface area contributed by atoms with Gasteiger partial charge in [-0.1, -0.05) is 31.3 Å². The lowest BCUT2D eigenvalue weighted by atomic mass is 9.92. The van der Waals surface area contributed by atoms with Crippen LogP contribution in [0.25, 0.3) is 0 Å². The van der Waals surface area contributed by atoms with Crippen LogP contribution in [0.5, 0.6) is 0 Å². The quantitative estimate of drug-likeness (QED) is 0.331. The van der Waals surface area contributed by atoms with E-state index in [1.54, 1.807) is 0 Å². The number of nitrogens with zero attached hydrogens (tertiary/aromatic N) is 2. The van der Waals surface area contributed by atoms with Gasteiger partial charge in [0.05, 0.1) is 0 Å². The zero-order valence-electron chi connectivity index (χ0n) is 11.6. The van der Waals surface area contributed by atoms with E-state index in [4.69, 9.17) is 10.9 Å². The van der Waals surface area contributed by atoms with Crippen LogP contribution in [0, 0.1) is 5.41 Å². The second-order valence-electron chi connectivity index (χ2n) is 6.12. The number of hydrogen-bond acceptors (Lipinski definition) is 3. The molecule has 0 aromatic heterocycles. The molecule has 0 spiro atoms. The van der Waals surface area contributed by atoms with E-state index >= 15 is 0 Å². The van der Waals surface area contributed by atoms with Crippen molar-refractivity contribution in [3.8, 4) is 0 Å². The molecule has 18 heavy (non-hydrogen) atoms. The monoisotopic (exact) mass is 253 g/mol. The molecule has 2 aliphatic carbocycles. The SMILES string of the molecule is CCN(CC1(CC(N)=NO)CC1)C1CCCCC1. The van der Waals surface area contributed by atoms with Gasteiger partial charge in [0, 0.05) is 19.0 Å². The summed E-state index contributed by atoms with van der Waals surface area (Å²) in [7, 11) is 0. The summed E-state index contributed by atoms with van der Waals surface area (Å²) in [5.74, 6) is 0.396. The number of amidine groups is 1. The van der Waals surface area contributed by atoms with Gasteiger partial charge in [0.2, 0.25) is 0 Å². The number of nitrogens with two attached hydrogens (primary N) is 1. The van der Waals surface area contributed by atoms with E-state index in [-0.39, 0.29) is 0 Å². The Bertz CT molecular complexity index is 293. The van der Waals surface area contributed by atoms with E-state index in [1.807, 2.05) is 0 Å². The summed E-state index contributed by atoms with van der Waals surface area (Å²) in [5.41, 5.74) is 5.99. The van der Waals surface area contributed by atoms with Crippen LogP contribution in [0.15, 0.2) is 5.16 Å². The van der Waals surface area contributed by atoms with Crippen molar-refractivity contribution in [1.29, 1.82) is 0 Å². The zero-order valence-corrected chi connectivity index (χ0v) is 11.6. The maximum Gasteiger partial charge on any atom is 0.139 e. The molecule has 0 heterocycles. The molecule has 0 atom stereocenters. The van der Waals surface area contributed by atoms with Crippen molar-refractivity contribution < 1.29 is 5.21 Å².